The van der Waals surface area contributed by atoms with Gasteiger partial charge in [-0.25, -0.2) is 0 Å². The van der Waals surface area contributed by atoms with Crippen molar-refractivity contribution in [3.63, 3.8) is 0 Å². The highest BCUT2D eigenvalue weighted by atomic mass is 79.9. The van der Waals surface area contributed by atoms with Gasteiger partial charge in [-0.15, -0.1) is 0 Å². The topological polar surface area (TPSA) is 56.4 Å². The molecule has 1 aromatic rings. The molecule has 1 fully saturated rings. The van der Waals surface area contributed by atoms with Gasteiger partial charge >= 0.3 is 0 Å². The molecule has 1 unspecified atom stereocenters. The number of nitrogens with zero attached hydrogens (tertiary/aromatic N) is 2. The van der Waals surface area contributed by atoms with Gasteiger partial charge in [-0.05, 0) is 32.2 Å². The molecule has 0 bridgehead atoms. The number of amidine groups is 1. The van der Waals surface area contributed by atoms with E-state index in [0.717, 1.165) is 35.4 Å². The van der Waals surface area contributed by atoms with Gasteiger partial charge in [0.1, 0.15) is 5.84 Å². The van der Waals surface area contributed by atoms with Gasteiger partial charge in [0.05, 0.1) is 0 Å². The summed E-state index contributed by atoms with van der Waals surface area (Å²) in [7, 11) is 2.14. The maximum absolute atomic E-state index is 7.70. The average molecular weight is 311 g/mol. The smallest absolute Gasteiger partial charge is 0.124 e. The van der Waals surface area contributed by atoms with E-state index < -0.39 is 0 Å². The predicted molar refractivity (Wildman–Crippen MR) is 79.5 cm³/mol. The van der Waals surface area contributed by atoms with Gasteiger partial charge in [0.2, 0.25) is 0 Å². The molecule has 1 aromatic carbocycles. The second-order valence-corrected chi connectivity index (χ2v) is 5.80. The first-order valence-corrected chi connectivity index (χ1v) is 6.87. The van der Waals surface area contributed by atoms with Gasteiger partial charge in [-0.3, -0.25) is 5.41 Å². The molecular weight excluding hydrogens is 292 g/mol. The van der Waals surface area contributed by atoms with Crippen molar-refractivity contribution >= 4 is 27.5 Å². The Morgan fingerprint density at radius 2 is 2.17 bits per heavy atom. The normalized spacial score (nSPS) is 21.1. The van der Waals surface area contributed by atoms with Crippen LogP contribution >= 0.6 is 15.9 Å². The highest BCUT2D eigenvalue weighted by Crippen LogP contribution is 2.28. The summed E-state index contributed by atoms with van der Waals surface area (Å²) >= 11 is 3.50. The maximum atomic E-state index is 7.70. The van der Waals surface area contributed by atoms with Crippen LogP contribution in [0.5, 0.6) is 0 Å². The third-order valence-corrected chi connectivity index (χ3v) is 3.88. The molecule has 1 saturated heterocycles. The number of halogens is 1. The van der Waals surface area contributed by atoms with Gasteiger partial charge < -0.3 is 15.5 Å². The first-order valence-electron chi connectivity index (χ1n) is 6.08. The molecule has 0 aromatic heterocycles. The third kappa shape index (κ3) is 2.67. The number of rotatable bonds is 2. The van der Waals surface area contributed by atoms with Crippen LogP contribution in [0.1, 0.15) is 12.5 Å². The van der Waals surface area contributed by atoms with Crippen LogP contribution in [-0.4, -0.2) is 43.5 Å². The largest absolute Gasteiger partial charge is 0.384 e. The Bertz CT molecular complexity index is 460. The Balaban J connectivity index is 2.37. The summed E-state index contributed by atoms with van der Waals surface area (Å²) in [6.07, 6.45) is 0. The molecule has 2 rings (SSSR count). The van der Waals surface area contributed by atoms with Crippen molar-refractivity contribution in [2.45, 2.75) is 13.0 Å². The van der Waals surface area contributed by atoms with E-state index in [1.807, 2.05) is 12.1 Å². The Morgan fingerprint density at radius 3 is 2.78 bits per heavy atom. The SMILES string of the molecule is CC1CN(C)CCN1c1cc(Br)ccc1C(=N)N. The Labute approximate surface area is 116 Å². The summed E-state index contributed by atoms with van der Waals surface area (Å²) in [5.41, 5.74) is 7.54. The summed E-state index contributed by atoms with van der Waals surface area (Å²) in [5, 5.41) is 7.70. The molecule has 0 spiro atoms. The highest BCUT2D eigenvalue weighted by molar-refractivity contribution is 9.10. The molecule has 0 saturated carbocycles. The minimum absolute atomic E-state index is 0.128. The summed E-state index contributed by atoms with van der Waals surface area (Å²) in [6.45, 7) is 5.24. The van der Waals surface area contributed by atoms with E-state index in [9.17, 15) is 0 Å². The van der Waals surface area contributed by atoms with E-state index in [-0.39, 0.29) is 5.84 Å². The first-order chi connectivity index (χ1) is 8.49. The minimum Gasteiger partial charge on any atom is -0.384 e. The van der Waals surface area contributed by atoms with Crippen molar-refractivity contribution in [2.24, 2.45) is 5.73 Å². The standard InChI is InChI=1S/C13H19BrN4/c1-9-8-17(2)5-6-18(9)12-7-10(14)3-4-11(12)13(15)16/h3-4,7,9H,5-6,8H2,1-2H3,(H3,15,16). The second-order valence-electron chi connectivity index (χ2n) is 4.88. The fraction of sp³-hybridized carbons (Fsp3) is 0.462. The number of hydrogen-bond acceptors (Lipinski definition) is 3. The first kappa shape index (κ1) is 13.4. The average Bonchev–Trinajstić information content (AvgIpc) is 2.28. The number of benzene rings is 1. The Kier molecular flexibility index (Phi) is 3.92. The zero-order valence-corrected chi connectivity index (χ0v) is 12.4. The zero-order valence-electron chi connectivity index (χ0n) is 10.8. The molecule has 1 aliphatic rings. The van der Waals surface area contributed by atoms with Crippen molar-refractivity contribution < 1.29 is 0 Å². The van der Waals surface area contributed by atoms with Crippen LogP contribution in [0.4, 0.5) is 5.69 Å². The third-order valence-electron chi connectivity index (χ3n) is 3.39. The van der Waals surface area contributed by atoms with Crippen LogP contribution in [-0.2, 0) is 0 Å². The zero-order chi connectivity index (χ0) is 13.3. The summed E-state index contributed by atoms with van der Waals surface area (Å²) in [5.74, 6) is 0.128. The van der Waals surface area contributed by atoms with Crippen molar-refractivity contribution in [3.05, 3.63) is 28.2 Å². The lowest BCUT2D eigenvalue weighted by molar-refractivity contribution is 0.275. The van der Waals surface area contributed by atoms with Crippen molar-refractivity contribution in [2.75, 3.05) is 31.6 Å². The van der Waals surface area contributed by atoms with Gasteiger partial charge in [0, 0.05) is 41.4 Å². The number of anilines is 1. The van der Waals surface area contributed by atoms with Crippen LogP contribution in [0.15, 0.2) is 22.7 Å². The van der Waals surface area contributed by atoms with E-state index in [0.29, 0.717) is 6.04 Å². The van der Waals surface area contributed by atoms with Gasteiger partial charge in [0.25, 0.3) is 0 Å². The van der Waals surface area contributed by atoms with E-state index in [1.165, 1.54) is 0 Å². The molecule has 18 heavy (non-hydrogen) atoms. The maximum Gasteiger partial charge on any atom is 0.124 e. The lowest BCUT2D eigenvalue weighted by atomic mass is 10.1. The Hall–Kier alpha value is -1.07. The van der Waals surface area contributed by atoms with Crippen molar-refractivity contribution in [3.8, 4) is 0 Å². The molecular formula is C13H19BrN4. The van der Waals surface area contributed by atoms with E-state index in [1.54, 1.807) is 0 Å². The fourth-order valence-electron chi connectivity index (χ4n) is 2.47. The predicted octanol–water partition coefficient (Wildman–Crippen LogP) is 1.87. The molecule has 4 nitrogen and oxygen atoms in total. The lowest BCUT2D eigenvalue weighted by Gasteiger charge is -2.40. The van der Waals surface area contributed by atoms with Gasteiger partial charge in [-0.2, -0.15) is 0 Å². The Morgan fingerprint density at radius 1 is 1.44 bits per heavy atom. The number of nitrogen functional groups attached to an aromatic ring is 1. The second kappa shape index (κ2) is 5.28. The molecule has 1 aliphatic heterocycles. The van der Waals surface area contributed by atoms with Crippen LogP contribution < -0.4 is 10.6 Å². The molecule has 1 heterocycles. The molecule has 0 amide bonds. The van der Waals surface area contributed by atoms with Crippen molar-refractivity contribution in [1.82, 2.24) is 4.90 Å². The van der Waals surface area contributed by atoms with Crippen LogP contribution in [0.25, 0.3) is 0 Å². The molecule has 5 heteroatoms. The monoisotopic (exact) mass is 310 g/mol. The highest BCUT2D eigenvalue weighted by Gasteiger charge is 2.24. The number of nitrogens with two attached hydrogens (primary N) is 1. The van der Waals surface area contributed by atoms with Crippen LogP contribution in [0.2, 0.25) is 0 Å². The fourth-order valence-corrected chi connectivity index (χ4v) is 2.82. The summed E-state index contributed by atoms with van der Waals surface area (Å²) in [6, 6.07) is 6.32. The van der Waals surface area contributed by atoms with Gasteiger partial charge in [-0.1, -0.05) is 15.9 Å². The number of likely N-dealkylation sites (N-methyl/N-ethyl adjacent to an activating group) is 1. The summed E-state index contributed by atoms with van der Waals surface area (Å²) < 4.78 is 1.02. The molecule has 1 atom stereocenters. The quantitative estimate of drug-likeness (QED) is 0.648. The number of nitrogens with one attached hydrogen (secondary N) is 1. The molecule has 0 radical (unpaired) electrons. The number of piperazine rings is 1. The molecule has 3 N–H and O–H groups in total. The van der Waals surface area contributed by atoms with Crippen LogP contribution in [0, 0.1) is 5.41 Å². The summed E-state index contributed by atoms with van der Waals surface area (Å²) in [4.78, 5) is 4.66. The van der Waals surface area contributed by atoms with E-state index >= 15 is 0 Å². The number of hydrogen-bond donors (Lipinski definition) is 2. The van der Waals surface area contributed by atoms with Crippen molar-refractivity contribution in [1.29, 1.82) is 5.41 Å². The minimum atomic E-state index is 0.128. The van der Waals surface area contributed by atoms with E-state index in [4.69, 9.17) is 11.1 Å². The van der Waals surface area contributed by atoms with Crippen LogP contribution in [0.3, 0.4) is 0 Å². The molecule has 0 aliphatic carbocycles. The van der Waals surface area contributed by atoms with Gasteiger partial charge in [0.15, 0.2) is 0 Å². The molecule has 98 valence electrons. The lowest BCUT2D eigenvalue weighted by Crippen LogP contribution is -2.51. The van der Waals surface area contributed by atoms with E-state index in [2.05, 4.69) is 45.8 Å².